The lowest BCUT2D eigenvalue weighted by Crippen LogP contribution is -2.14. The van der Waals surface area contributed by atoms with Gasteiger partial charge in [0.05, 0.1) is 6.20 Å². The number of nitrogens with one attached hydrogen (secondary N) is 1. The lowest BCUT2D eigenvalue weighted by Gasteiger charge is -1.92. The fourth-order valence-electron chi connectivity index (χ4n) is 1.79. The minimum Gasteiger partial charge on any atom is -0.439 e. The quantitative estimate of drug-likeness (QED) is 0.420. The summed E-state index contributed by atoms with van der Waals surface area (Å²) in [6, 6.07) is 7.47. The van der Waals surface area contributed by atoms with E-state index in [9.17, 15) is 4.79 Å². The summed E-state index contributed by atoms with van der Waals surface area (Å²) in [4.78, 5) is 15.2. The summed E-state index contributed by atoms with van der Waals surface area (Å²) in [6.45, 7) is 0.335. The Labute approximate surface area is 118 Å². The van der Waals surface area contributed by atoms with Crippen LogP contribution in [0.3, 0.4) is 0 Å². The van der Waals surface area contributed by atoms with E-state index in [0.717, 1.165) is 11.6 Å². The molecule has 0 aliphatic heterocycles. The highest BCUT2D eigenvalue weighted by atomic mass is 16.5. The Balaban J connectivity index is 1.74. The van der Waals surface area contributed by atoms with E-state index in [1.807, 2.05) is 24.3 Å². The summed E-state index contributed by atoms with van der Waals surface area (Å²) in [6.07, 6.45) is 4.21. The molecule has 0 atom stereocenters. The van der Waals surface area contributed by atoms with Crippen LogP contribution in [0.2, 0.25) is 0 Å². The van der Waals surface area contributed by atoms with Crippen molar-refractivity contribution < 1.29 is 14.4 Å². The van der Waals surface area contributed by atoms with Crippen LogP contribution >= 0.6 is 0 Å². The van der Waals surface area contributed by atoms with E-state index >= 15 is 0 Å². The van der Waals surface area contributed by atoms with Gasteiger partial charge in [0, 0.05) is 6.08 Å². The number of carbonyl (C=O) groups is 1. The molecule has 2 N–H and O–H groups in total. The number of oxazole rings is 1. The first kappa shape index (κ1) is 13.0. The Bertz CT molecular complexity index is 772. The van der Waals surface area contributed by atoms with Crippen LogP contribution in [0, 0.1) is 0 Å². The van der Waals surface area contributed by atoms with E-state index in [1.165, 1.54) is 11.6 Å². The van der Waals surface area contributed by atoms with Gasteiger partial charge in [-0.2, -0.15) is 0 Å². The maximum atomic E-state index is 10.9. The van der Waals surface area contributed by atoms with Crippen LogP contribution in [0.25, 0.3) is 17.2 Å². The Morgan fingerprint density at radius 2 is 2.29 bits per heavy atom. The molecule has 1 amide bonds. The maximum Gasteiger partial charge on any atom is 0.267 e. The van der Waals surface area contributed by atoms with Gasteiger partial charge in [0.1, 0.15) is 17.8 Å². The van der Waals surface area contributed by atoms with E-state index < -0.39 is 5.91 Å². The van der Waals surface area contributed by atoms with Crippen LogP contribution in [-0.2, 0) is 11.3 Å². The molecule has 1 aromatic carbocycles. The van der Waals surface area contributed by atoms with E-state index in [2.05, 4.69) is 15.3 Å². The molecule has 0 radical (unpaired) electrons. The molecule has 21 heavy (non-hydrogen) atoms. The van der Waals surface area contributed by atoms with Crippen LogP contribution in [0.4, 0.5) is 0 Å². The van der Waals surface area contributed by atoms with Crippen molar-refractivity contribution in [3.63, 3.8) is 0 Å². The highest BCUT2D eigenvalue weighted by Gasteiger charge is 2.07. The Hall–Kier alpha value is -3.00. The predicted molar refractivity (Wildman–Crippen MR) is 72.1 cm³/mol. The van der Waals surface area contributed by atoms with Crippen LogP contribution in [0.1, 0.15) is 11.6 Å². The molecule has 0 aliphatic carbocycles. The van der Waals surface area contributed by atoms with Crippen molar-refractivity contribution in [1.29, 1.82) is 0 Å². The summed E-state index contributed by atoms with van der Waals surface area (Å²) in [7, 11) is 0. The van der Waals surface area contributed by atoms with E-state index in [1.54, 1.807) is 10.9 Å². The Morgan fingerprint density at radius 3 is 3.10 bits per heavy atom. The zero-order chi connectivity index (χ0) is 14.7. The molecule has 0 bridgehead atoms. The molecule has 0 spiro atoms. The largest absolute Gasteiger partial charge is 0.439 e. The molecule has 106 valence electrons. The number of para-hydroxylation sites is 2. The van der Waals surface area contributed by atoms with Gasteiger partial charge >= 0.3 is 0 Å². The summed E-state index contributed by atoms with van der Waals surface area (Å²) in [5, 5.41) is 16.1. The lowest BCUT2D eigenvalue weighted by molar-refractivity contribution is -0.124. The summed E-state index contributed by atoms with van der Waals surface area (Å²) < 4.78 is 7.12. The molecule has 2 heterocycles. The standard InChI is InChI=1S/C13H11N5O3/c19-12(16-20)6-5-9-7-18(17-15-9)8-13-14-10-3-1-2-4-11(10)21-13/h1-7,20H,8H2,(H,16,19)/b6-5+. The first-order valence-corrected chi connectivity index (χ1v) is 6.11. The van der Waals surface area contributed by atoms with Gasteiger partial charge < -0.3 is 4.42 Å². The Kier molecular flexibility index (Phi) is 3.44. The van der Waals surface area contributed by atoms with Crippen LogP contribution in [-0.4, -0.2) is 31.1 Å². The molecule has 2 aromatic heterocycles. The molecule has 8 heteroatoms. The van der Waals surface area contributed by atoms with Gasteiger partial charge in [-0.3, -0.25) is 10.0 Å². The number of benzene rings is 1. The zero-order valence-corrected chi connectivity index (χ0v) is 10.8. The number of aromatic nitrogens is 4. The number of hydrogen-bond donors (Lipinski definition) is 2. The normalized spacial score (nSPS) is 11.3. The van der Waals surface area contributed by atoms with E-state index in [-0.39, 0.29) is 0 Å². The third kappa shape index (κ3) is 2.95. The van der Waals surface area contributed by atoms with Crippen molar-refractivity contribution in [2.45, 2.75) is 6.54 Å². The second kappa shape index (κ2) is 5.55. The number of nitrogens with zero attached hydrogens (tertiary/aromatic N) is 4. The smallest absolute Gasteiger partial charge is 0.267 e. The van der Waals surface area contributed by atoms with Gasteiger partial charge in [-0.05, 0) is 18.2 Å². The van der Waals surface area contributed by atoms with Crippen molar-refractivity contribution >= 4 is 23.1 Å². The van der Waals surface area contributed by atoms with Crippen LogP contribution in [0.15, 0.2) is 41.0 Å². The summed E-state index contributed by atoms with van der Waals surface area (Å²) in [5.74, 6) is -0.117. The highest BCUT2D eigenvalue weighted by Crippen LogP contribution is 2.15. The number of hydrogen-bond acceptors (Lipinski definition) is 6. The van der Waals surface area contributed by atoms with Crippen molar-refractivity contribution in [3.8, 4) is 0 Å². The predicted octanol–water partition coefficient (Wildman–Crippen LogP) is 0.986. The molecular formula is C13H11N5O3. The lowest BCUT2D eigenvalue weighted by atomic mass is 10.3. The monoisotopic (exact) mass is 285 g/mol. The molecule has 0 saturated carbocycles. The van der Waals surface area contributed by atoms with Crippen molar-refractivity contribution in [2.75, 3.05) is 0 Å². The third-order valence-corrected chi connectivity index (χ3v) is 2.71. The van der Waals surface area contributed by atoms with Crippen molar-refractivity contribution in [2.24, 2.45) is 0 Å². The Morgan fingerprint density at radius 1 is 1.43 bits per heavy atom. The second-order valence-corrected chi connectivity index (χ2v) is 4.23. The molecule has 3 rings (SSSR count). The number of fused-ring (bicyclic) bond motifs is 1. The number of amides is 1. The van der Waals surface area contributed by atoms with E-state index in [4.69, 9.17) is 9.62 Å². The average molecular weight is 285 g/mol. The fraction of sp³-hybridized carbons (Fsp3) is 0.0769. The van der Waals surface area contributed by atoms with Gasteiger partial charge in [-0.25, -0.2) is 15.1 Å². The van der Waals surface area contributed by atoms with Gasteiger partial charge in [-0.1, -0.05) is 17.3 Å². The van der Waals surface area contributed by atoms with Crippen LogP contribution < -0.4 is 5.48 Å². The molecular weight excluding hydrogens is 274 g/mol. The van der Waals surface area contributed by atoms with Crippen molar-refractivity contribution in [3.05, 3.63) is 48.1 Å². The summed E-state index contributed by atoms with van der Waals surface area (Å²) >= 11 is 0. The average Bonchev–Trinajstić information content (AvgIpc) is 3.10. The third-order valence-electron chi connectivity index (χ3n) is 2.71. The van der Waals surface area contributed by atoms with Gasteiger partial charge in [0.25, 0.3) is 5.91 Å². The second-order valence-electron chi connectivity index (χ2n) is 4.23. The topological polar surface area (TPSA) is 106 Å². The number of rotatable bonds is 4. The van der Waals surface area contributed by atoms with Gasteiger partial charge in [0.15, 0.2) is 5.58 Å². The molecule has 0 saturated heterocycles. The molecule has 0 unspecified atom stereocenters. The number of carbonyl (C=O) groups excluding carboxylic acids is 1. The first-order valence-electron chi connectivity index (χ1n) is 6.11. The molecule has 3 aromatic rings. The minimum atomic E-state index is -0.636. The van der Waals surface area contributed by atoms with Gasteiger partial charge in [0.2, 0.25) is 5.89 Å². The zero-order valence-electron chi connectivity index (χ0n) is 10.8. The molecule has 0 aliphatic rings. The molecule has 0 fully saturated rings. The maximum absolute atomic E-state index is 10.9. The fourth-order valence-corrected chi connectivity index (χ4v) is 1.79. The SMILES string of the molecule is O=C(/C=C/c1cn(Cc2nc3ccccc3o2)nn1)NO. The van der Waals surface area contributed by atoms with Gasteiger partial charge in [-0.15, -0.1) is 5.10 Å². The first-order chi connectivity index (χ1) is 10.2. The van der Waals surface area contributed by atoms with Crippen molar-refractivity contribution in [1.82, 2.24) is 25.5 Å². The number of hydroxylamine groups is 1. The molecule has 8 nitrogen and oxygen atoms in total. The van der Waals surface area contributed by atoms with Crippen LogP contribution in [0.5, 0.6) is 0 Å². The van der Waals surface area contributed by atoms with E-state index in [0.29, 0.717) is 23.7 Å². The minimum absolute atomic E-state index is 0.335. The summed E-state index contributed by atoms with van der Waals surface area (Å²) in [5.41, 5.74) is 3.47. The highest BCUT2D eigenvalue weighted by molar-refractivity contribution is 5.90.